The zero-order chi connectivity index (χ0) is 10.1. The predicted octanol–water partition coefficient (Wildman–Crippen LogP) is 1.55. The summed E-state index contributed by atoms with van der Waals surface area (Å²) in [6.45, 7) is 1.32. The van der Waals surface area contributed by atoms with E-state index >= 15 is 0 Å². The second-order valence-corrected chi connectivity index (χ2v) is 2.54. The molecule has 1 rings (SSSR count). The first-order valence-corrected chi connectivity index (χ1v) is 3.49. The molecule has 3 nitrogen and oxygen atoms in total. The van der Waals surface area contributed by atoms with Crippen LogP contribution in [-0.2, 0) is 6.18 Å². The molecule has 1 N–H and O–H groups in total. The van der Waals surface area contributed by atoms with Gasteiger partial charge in [0.05, 0.1) is 23.6 Å². The lowest BCUT2D eigenvalue weighted by Crippen LogP contribution is -2.08. The first-order chi connectivity index (χ1) is 5.91. The van der Waals surface area contributed by atoms with Crippen LogP contribution in [0.15, 0.2) is 12.3 Å². The Labute approximate surface area is 72.2 Å². The van der Waals surface area contributed by atoms with Gasteiger partial charge in [0.15, 0.2) is 0 Å². The summed E-state index contributed by atoms with van der Waals surface area (Å²) in [5.74, 6) is 0. The largest absolute Gasteiger partial charge is 0.418 e. The number of alkyl halides is 3. The topological polar surface area (TPSA) is 46.0 Å². The highest BCUT2D eigenvalue weighted by Crippen LogP contribution is 2.29. The molecule has 1 unspecified atom stereocenters. The molecule has 0 saturated heterocycles. The van der Waals surface area contributed by atoms with Crippen LogP contribution in [0, 0.1) is 0 Å². The minimum atomic E-state index is -4.44. The Morgan fingerprint density at radius 3 is 2.54 bits per heavy atom. The second kappa shape index (κ2) is 3.29. The average Bonchev–Trinajstić information content (AvgIpc) is 2.03. The lowest BCUT2D eigenvalue weighted by molar-refractivity contribution is -0.138. The molecule has 0 saturated carbocycles. The van der Waals surface area contributed by atoms with Gasteiger partial charge in [-0.3, -0.25) is 0 Å². The van der Waals surface area contributed by atoms with Crippen LogP contribution >= 0.6 is 0 Å². The molecule has 0 spiro atoms. The summed E-state index contributed by atoms with van der Waals surface area (Å²) >= 11 is 0. The fraction of sp³-hybridized carbons (Fsp3) is 0.429. The normalized spacial score (nSPS) is 14.2. The summed E-state index contributed by atoms with van der Waals surface area (Å²) in [5, 5.41) is 15.4. The standard InChI is InChI=1S/C7H7F3N2O/c1-4(13)6-2-5(3-11-12-6)7(8,9)10/h2-4,13H,1H3. The highest BCUT2D eigenvalue weighted by molar-refractivity contribution is 5.16. The van der Waals surface area contributed by atoms with Crippen LogP contribution < -0.4 is 0 Å². The molecule has 0 radical (unpaired) electrons. The summed E-state index contributed by atoms with van der Waals surface area (Å²) in [4.78, 5) is 0. The molecule has 6 heteroatoms. The molecule has 0 aromatic carbocycles. The van der Waals surface area contributed by atoms with Gasteiger partial charge in [-0.15, -0.1) is 0 Å². The van der Waals surface area contributed by atoms with Crippen LogP contribution in [0.4, 0.5) is 13.2 Å². The van der Waals surface area contributed by atoms with E-state index in [-0.39, 0.29) is 5.69 Å². The Hall–Kier alpha value is -1.17. The van der Waals surface area contributed by atoms with E-state index in [9.17, 15) is 13.2 Å². The van der Waals surface area contributed by atoms with Gasteiger partial charge in [0.2, 0.25) is 0 Å². The number of hydrogen-bond donors (Lipinski definition) is 1. The molecule has 0 fully saturated rings. The quantitative estimate of drug-likeness (QED) is 0.734. The molecule has 1 heterocycles. The van der Waals surface area contributed by atoms with E-state index in [4.69, 9.17) is 5.11 Å². The Morgan fingerprint density at radius 2 is 2.08 bits per heavy atom. The van der Waals surface area contributed by atoms with Gasteiger partial charge < -0.3 is 5.11 Å². The van der Waals surface area contributed by atoms with Crippen molar-refractivity contribution in [2.75, 3.05) is 0 Å². The fourth-order valence-electron chi connectivity index (χ4n) is 0.742. The van der Waals surface area contributed by atoms with E-state index in [0.717, 1.165) is 6.07 Å². The predicted molar refractivity (Wildman–Crippen MR) is 37.7 cm³/mol. The highest BCUT2D eigenvalue weighted by Gasteiger charge is 2.31. The summed E-state index contributed by atoms with van der Waals surface area (Å²) in [6.07, 6.45) is -4.87. The first-order valence-electron chi connectivity index (χ1n) is 3.49. The summed E-state index contributed by atoms with van der Waals surface area (Å²) in [7, 11) is 0. The summed E-state index contributed by atoms with van der Waals surface area (Å²) in [5.41, 5.74) is -0.992. The molecule has 0 aliphatic heterocycles. The van der Waals surface area contributed by atoms with Crippen molar-refractivity contribution in [3.05, 3.63) is 23.5 Å². The van der Waals surface area contributed by atoms with Crippen LogP contribution in [0.25, 0.3) is 0 Å². The van der Waals surface area contributed by atoms with Crippen molar-refractivity contribution in [2.45, 2.75) is 19.2 Å². The zero-order valence-corrected chi connectivity index (χ0v) is 6.71. The molecule has 72 valence electrons. The lowest BCUT2D eigenvalue weighted by Gasteiger charge is -2.07. The molecule has 13 heavy (non-hydrogen) atoms. The SMILES string of the molecule is CC(O)c1cc(C(F)(F)F)cnn1. The van der Waals surface area contributed by atoms with Crippen molar-refractivity contribution in [1.82, 2.24) is 10.2 Å². The van der Waals surface area contributed by atoms with Gasteiger partial charge in [-0.2, -0.15) is 23.4 Å². The van der Waals surface area contributed by atoms with Crippen LogP contribution in [0.2, 0.25) is 0 Å². The van der Waals surface area contributed by atoms with Crippen molar-refractivity contribution >= 4 is 0 Å². The number of hydrogen-bond acceptors (Lipinski definition) is 3. The molecule has 1 aromatic rings. The van der Waals surface area contributed by atoms with Gasteiger partial charge in [0.25, 0.3) is 0 Å². The third kappa shape index (κ3) is 2.38. The van der Waals surface area contributed by atoms with Crippen LogP contribution in [0.5, 0.6) is 0 Å². The first kappa shape index (κ1) is 9.91. The van der Waals surface area contributed by atoms with E-state index in [2.05, 4.69) is 10.2 Å². The minimum absolute atomic E-state index is 0.0881. The van der Waals surface area contributed by atoms with Gasteiger partial charge >= 0.3 is 6.18 Å². The van der Waals surface area contributed by atoms with Crippen LogP contribution in [0.3, 0.4) is 0 Å². The Bertz CT molecular complexity index is 298. The average molecular weight is 192 g/mol. The smallest absolute Gasteiger partial charge is 0.387 e. The maximum Gasteiger partial charge on any atom is 0.418 e. The van der Waals surface area contributed by atoms with Gasteiger partial charge in [-0.25, -0.2) is 0 Å². The summed E-state index contributed by atoms with van der Waals surface area (Å²) < 4.78 is 36.2. The minimum Gasteiger partial charge on any atom is -0.387 e. The molecular weight excluding hydrogens is 185 g/mol. The van der Waals surface area contributed by atoms with Crippen molar-refractivity contribution in [3.8, 4) is 0 Å². The monoisotopic (exact) mass is 192 g/mol. The van der Waals surface area contributed by atoms with E-state index in [1.54, 1.807) is 0 Å². The molecule has 0 aliphatic rings. The van der Waals surface area contributed by atoms with Gasteiger partial charge in [-0.05, 0) is 13.0 Å². The number of aliphatic hydroxyl groups excluding tert-OH is 1. The number of aromatic nitrogens is 2. The highest BCUT2D eigenvalue weighted by atomic mass is 19.4. The molecule has 0 aliphatic carbocycles. The molecule has 0 bridgehead atoms. The Balaban J connectivity index is 3.06. The zero-order valence-electron chi connectivity index (χ0n) is 6.71. The molecule has 1 aromatic heterocycles. The lowest BCUT2D eigenvalue weighted by atomic mass is 10.2. The second-order valence-electron chi connectivity index (χ2n) is 2.54. The van der Waals surface area contributed by atoms with Crippen molar-refractivity contribution in [3.63, 3.8) is 0 Å². The van der Waals surface area contributed by atoms with Crippen molar-refractivity contribution in [2.24, 2.45) is 0 Å². The molecule has 1 atom stereocenters. The number of aliphatic hydroxyl groups is 1. The maximum atomic E-state index is 12.1. The number of rotatable bonds is 1. The van der Waals surface area contributed by atoms with E-state index in [0.29, 0.717) is 6.20 Å². The van der Waals surface area contributed by atoms with Gasteiger partial charge in [-0.1, -0.05) is 0 Å². The maximum absolute atomic E-state index is 12.1. The van der Waals surface area contributed by atoms with Crippen LogP contribution in [-0.4, -0.2) is 15.3 Å². The van der Waals surface area contributed by atoms with Crippen LogP contribution in [0.1, 0.15) is 24.3 Å². The van der Waals surface area contributed by atoms with E-state index in [1.165, 1.54) is 6.92 Å². The van der Waals surface area contributed by atoms with Crippen molar-refractivity contribution < 1.29 is 18.3 Å². The third-order valence-corrected chi connectivity index (χ3v) is 1.43. The Kier molecular flexibility index (Phi) is 2.51. The number of halogens is 3. The Morgan fingerprint density at radius 1 is 1.46 bits per heavy atom. The van der Waals surface area contributed by atoms with Gasteiger partial charge in [0.1, 0.15) is 0 Å². The van der Waals surface area contributed by atoms with E-state index < -0.39 is 17.8 Å². The third-order valence-electron chi connectivity index (χ3n) is 1.43. The molecular formula is C7H7F3N2O. The fourth-order valence-corrected chi connectivity index (χ4v) is 0.742. The molecule has 0 amide bonds. The summed E-state index contributed by atoms with van der Waals surface area (Å²) in [6, 6.07) is 0.775. The van der Waals surface area contributed by atoms with Crippen molar-refractivity contribution in [1.29, 1.82) is 0 Å². The van der Waals surface area contributed by atoms with Gasteiger partial charge in [0, 0.05) is 0 Å². The number of nitrogens with zero attached hydrogens (tertiary/aromatic N) is 2. The van der Waals surface area contributed by atoms with E-state index in [1.807, 2.05) is 0 Å².